The number of thioether (sulfide) groups is 1. The van der Waals surface area contributed by atoms with E-state index < -0.39 is 0 Å². The Morgan fingerprint density at radius 2 is 1.81 bits per heavy atom. The fourth-order valence-corrected chi connectivity index (χ4v) is 2.70. The maximum absolute atomic E-state index is 10.0. The van der Waals surface area contributed by atoms with E-state index in [1.165, 1.54) is 11.8 Å². The zero-order valence-corrected chi connectivity index (χ0v) is 10.5. The number of phenolic OH excluding ortho intramolecular Hbond substituents is 2. The van der Waals surface area contributed by atoms with E-state index in [4.69, 9.17) is 11.6 Å². The van der Waals surface area contributed by atoms with Crippen LogP contribution in [-0.2, 0) is 0 Å². The number of hydrogen-bond donors (Lipinski definition) is 2. The van der Waals surface area contributed by atoms with E-state index in [9.17, 15) is 10.2 Å². The summed E-state index contributed by atoms with van der Waals surface area (Å²) in [6.45, 7) is 1.92. The molecule has 0 aliphatic rings. The lowest BCUT2D eigenvalue weighted by molar-refractivity contribution is 0.458. The lowest BCUT2D eigenvalue weighted by Crippen LogP contribution is -1.83. The van der Waals surface area contributed by atoms with Crippen LogP contribution >= 0.6 is 23.4 Å². The van der Waals surface area contributed by atoms with Gasteiger partial charge < -0.3 is 10.2 Å². The van der Waals surface area contributed by atoms with Gasteiger partial charge in [-0.3, -0.25) is 0 Å². The molecule has 2 aromatic carbocycles. The highest BCUT2D eigenvalue weighted by atomic mass is 35.5. The van der Waals surface area contributed by atoms with Crippen molar-refractivity contribution in [2.75, 3.05) is 6.26 Å². The smallest absolute Gasteiger partial charge is 0.143 e. The van der Waals surface area contributed by atoms with Crippen molar-refractivity contribution in [2.24, 2.45) is 0 Å². The number of hydrogen-bond acceptors (Lipinski definition) is 3. The number of halogens is 1. The Balaban J connectivity index is 2.95. The van der Waals surface area contributed by atoms with Crippen molar-refractivity contribution in [2.45, 2.75) is 11.8 Å². The Labute approximate surface area is 103 Å². The molecule has 0 aliphatic heterocycles. The lowest BCUT2D eigenvalue weighted by atomic mass is 10.1. The summed E-state index contributed by atoms with van der Waals surface area (Å²) in [7, 11) is 0. The summed E-state index contributed by atoms with van der Waals surface area (Å²) in [6.07, 6.45) is 1.81. The average molecular weight is 255 g/mol. The van der Waals surface area contributed by atoms with Crippen molar-refractivity contribution in [1.82, 2.24) is 0 Å². The minimum absolute atomic E-state index is 0.0301. The summed E-state index contributed by atoms with van der Waals surface area (Å²) in [5.41, 5.74) is 1.01. The predicted octanol–water partition coefficient (Wildman–Crippen LogP) is 3.93. The zero-order chi connectivity index (χ0) is 11.9. The molecule has 0 fully saturated rings. The van der Waals surface area contributed by atoms with Gasteiger partial charge in [0.2, 0.25) is 0 Å². The molecule has 0 saturated carbocycles. The van der Waals surface area contributed by atoms with Gasteiger partial charge in [0.05, 0.1) is 4.90 Å². The van der Waals surface area contributed by atoms with Gasteiger partial charge in [-0.2, -0.15) is 0 Å². The topological polar surface area (TPSA) is 40.5 Å². The molecule has 0 spiro atoms. The third-order valence-electron chi connectivity index (χ3n) is 2.51. The van der Waals surface area contributed by atoms with Gasteiger partial charge in [-0.1, -0.05) is 29.3 Å². The van der Waals surface area contributed by atoms with Gasteiger partial charge >= 0.3 is 0 Å². The third kappa shape index (κ3) is 1.60. The van der Waals surface area contributed by atoms with Crippen LogP contribution in [-0.4, -0.2) is 16.5 Å². The summed E-state index contributed by atoms with van der Waals surface area (Å²) in [6, 6.07) is 5.48. The summed E-state index contributed by atoms with van der Waals surface area (Å²) in [5, 5.41) is 21.4. The molecule has 2 N–H and O–H groups in total. The molecule has 0 radical (unpaired) electrons. The molecule has 2 nitrogen and oxygen atoms in total. The predicted molar refractivity (Wildman–Crippen MR) is 68.8 cm³/mol. The van der Waals surface area contributed by atoms with E-state index in [2.05, 4.69) is 0 Å². The summed E-state index contributed by atoms with van der Waals surface area (Å²) in [4.78, 5) is 0.510. The van der Waals surface area contributed by atoms with Crippen LogP contribution in [0.3, 0.4) is 0 Å². The van der Waals surface area contributed by atoms with Crippen molar-refractivity contribution in [3.63, 3.8) is 0 Å². The molecular weight excluding hydrogens is 244 g/mol. The summed E-state index contributed by atoms with van der Waals surface area (Å²) >= 11 is 7.31. The lowest BCUT2D eigenvalue weighted by Gasteiger charge is -2.11. The third-order valence-corrected chi connectivity index (χ3v) is 3.80. The van der Waals surface area contributed by atoms with Gasteiger partial charge in [0.1, 0.15) is 16.5 Å². The van der Waals surface area contributed by atoms with Crippen LogP contribution in [0.1, 0.15) is 5.56 Å². The van der Waals surface area contributed by atoms with Crippen molar-refractivity contribution in [3.05, 3.63) is 28.8 Å². The van der Waals surface area contributed by atoms with E-state index in [0.29, 0.717) is 15.7 Å². The normalized spacial score (nSPS) is 10.9. The molecule has 0 amide bonds. The van der Waals surface area contributed by atoms with Crippen molar-refractivity contribution in [1.29, 1.82) is 0 Å². The molecule has 2 rings (SSSR count). The average Bonchev–Trinajstić information content (AvgIpc) is 2.27. The highest BCUT2D eigenvalue weighted by Crippen LogP contribution is 2.46. The molecule has 0 unspecified atom stereocenters. The number of aromatic hydroxyl groups is 2. The molecule has 16 heavy (non-hydrogen) atoms. The van der Waals surface area contributed by atoms with Gasteiger partial charge in [-0.05, 0) is 19.2 Å². The first-order valence-corrected chi connectivity index (χ1v) is 6.34. The highest BCUT2D eigenvalue weighted by Gasteiger charge is 2.16. The van der Waals surface area contributed by atoms with Gasteiger partial charge in [0.25, 0.3) is 0 Å². The standard InChI is InChI=1S/C12H11ClO2S/c1-6-3-4-7-8(5-6)10(14)9(13)12(16-2)11(7)15/h3-5,14-15H,1-2H3. The second kappa shape index (κ2) is 4.07. The first kappa shape index (κ1) is 11.4. The molecule has 0 aromatic heterocycles. The Morgan fingerprint density at radius 3 is 2.44 bits per heavy atom. The summed E-state index contributed by atoms with van der Waals surface area (Å²) < 4.78 is 0. The van der Waals surface area contributed by atoms with Crippen molar-refractivity contribution >= 4 is 34.1 Å². The van der Waals surface area contributed by atoms with Crippen LogP contribution in [0, 0.1) is 6.92 Å². The number of rotatable bonds is 1. The van der Waals surface area contributed by atoms with Crippen LogP contribution in [0.25, 0.3) is 10.8 Å². The van der Waals surface area contributed by atoms with Crippen molar-refractivity contribution < 1.29 is 10.2 Å². The fourth-order valence-electron chi connectivity index (χ4n) is 1.70. The number of fused-ring (bicyclic) bond motifs is 1. The van der Waals surface area contributed by atoms with E-state index in [-0.39, 0.29) is 16.5 Å². The Kier molecular flexibility index (Phi) is 2.91. The highest BCUT2D eigenvalue weighted by molar-refractivity contribution is 7.98. The van der Waals surface area contributed by atoms with E-state index in [1.54, 1.807) is 18.4 Å². The summed E-state index contributed by atoms with van der Waals surface area (Å²) in [5.74, 6) is 0.160. The number of benzene rings is 2. The molecule has 0 saturated heterocycles. The molecule has 2 aromatic rings. The maximum Gasteiger partial charge on any atom is 0.143 e. The molecule has 0 aliphatic carbocycles. The quantitative estimate of drug-likeness (QED) is 0.598. The second-order valence-corrected chi connectivity index (χ2v) is 4.79. The number of aryl methyl sites for hydroxylation is 1. The van der Waals surface area contributed by atoms with Crippen LogP contribution < -0.4 is 0 Å². The first-order chi connectivity index (χ1) is 7.56. The minimum atomic E-state index is 0.0301. The van der Waals surface area contributed by atoms with Crippen molar-refractivity contribution in [3.8, 4) is 11.5 Å². The molecule has 0 atom stereocenters. The second-order valence-electron chi connectivity index (χ2n) is 3.59. The van der Waals surface area contributed by atoms with Crippen LogP contribution in [0.15, 0.2) is 23.1 Å². The maximum atomic E-state index is 10.0. The van der Waals surface area contributed by atoms with Crippen LogP contribution in [0.5, 0.6) is 11.5 Å². The molecule has 0 bridgehead atoms. The Morgan fingerprint density at radius 1 is 1.12 bits per heavy atom. The van der Waals surface area contributed by atoms with Gasteiger partial charge in [0.15, 0.2) is 0 Å². The molecular formula is C12H11ClO2S. The van der Waals surface area contributed by atoms with E-state index >= 15 is 0 Å². The Hall–Kier alpha value is -1.06. The zero-order valence-electron chi connectivity index (χ0n) is 8.91. The molecule has 4 heteroatoms. The number of phenols is 2. The van der Waals surface area contributed by atoms with Crippen LogP contribution in [0.2, 0.25) is 5.02 Å². The van der Waals surface area contributed by atoms with Crippen LogP contribution in [0.4, 0.5) is 0 Å². The van der Waals surface area contributed by atoms with E-state index in [1.807, 2.05) is 13.0 Å². The molecule has 0 heterocycles. The minimum Gasteiger partial charge on any atom is -0.506 e. The Bertz CT molecular complexity index is 567. The van der Waals surface area contributed by atoms with Gasteiger partial charge in [-0.25, -0.2) is 0 Å². The SMILES string of the molecule is CSc1c(Cl)c(O)c2cc(C)ccc2c1O. The fraction of sp³-hybridized carbons (Fsp3) is 0.167. The van der Waals surface area contributed by atoms with Gasteiger partial charge in [0, 0.05) is 10.8 Å². The van der Waals surface area contributed by atoms with Gasteiger partial charge in [-0.15, -0.1) is 11.8 Å². The monoisotopic (exact) mass is 254 g/mol. The first-order valence-electron chi connectivity index (χ1n) is 4.74. The molecule has 84 valence electrons. The largest absolute Gasteiger partial charge is 0.506 e. The van der Waals surface area contributed by atoms with E-state index in [0.717, 1.165) is 5.56 Å².